The van der Waals surface area contributed by atoms with E-state index in [-0.39, 0.29) is 12.2 Å². The number of anilines is 1. The fourth-order valence-electron chi connectivity index (χ4n) is 4.10. The van der Waals surface area contributed by atoms with E-state index in [4.69, 9.17) is 9.57 Å². The van der Waals surface area contributed by atoms with Gasteiger partial charge in [0.05, 0.1) is 5.69 Å². The van der Waals surface area contributed by atoms with Gasteiger partial charge in [-0.3, -0.25) is 9.69 Å². The summed E-state index contributed by atoms with van der Waals surface area (Å²) in [5.41, 5.74) is 5.38. The molecule has 2 fully saturated rings. The minimum Gasteiger partial charge on any atom is -0.351 e. The van der Waals surface area contributed by atoms with E-state index in [1.807, 2.05) is 6.92 Å². The molecule has 1 unspecified atom stereocenters. The van der Waals surface area contributed by atoms with Crippen LogP contribution in [0.4, 0.5) is 5.95 Å². The lowest BCUT2D eigenvalue weighted by molar-refractivity contribution is -0.198. The van der Waals surface area contributed by atoms with E-state index in [0.29, 0.717) is 18.6 Å². The van der Waals surface area contributed by atoms with E-state index in [0.717, 1.165) is 63.0 Å². The van der Waals surface area contributed by atoms with Crippen LogP contribution in [0.1, 0.15) is 48.9 Å². The lowest BCUT2D eigenvalue weighted by Gasteiger charge is -2.32. The third-order valence-electron chi connectivity index (χ3n) is 6.03. The van der Waals surface area contributed by atoms with Gasteiger partial charge in [0, 0.05) is 56.5 Å². The number of hydrogen-bond acceptors (Lipinski definition) is 7. The molecule has 1 amide bonds. The van der Waals surface area contributed by atoms with Crippen LogP contribution in [0.2, 0.25) is 0 Å². The fourth-order valence-corrected chi connectivity index (χ4v) is 4.10. The minimum atomic E-state index is -0.364. The molecule has 0 spiro atoms. The van der Waals surface area contributed by atoms with Crippen LogP contribution in [0.3, 0.4) is 0 Å². The number of carbonyl (C=O) groups excluding carboxylic acids is 1. The number of nitrogens with zero attached hydrogens (tertiary/aromatic N) is 3. The van der Waals surface area contributed by atoms with Gasteiger partial charge < -0.3 is 10.1 Å². The van der Waals surface area contributed by atoms with E-state index >= 15 is 0 Å². The van der Waals surface area contributed by atoms with Crippen LogP contribution >= 0.6 is 0 Å². The molecular formula is C25H33N5O3. The molecule has 2 aliphatic heterocycles. The molecule has 1 aromatic heterocycles. The Bertz CT molecular complexity index is 923. The molecule has 3 heterocycles. The van der Waals surface area contributed by atoms with E-state index < -0.39 is 0 Å². The molecule has 0 aliphatic carbocycles. The molecule has 1 atom stereocenters. The highest BCUT2D eigenvalue weighted by Gasteiger charge is 2.20. The number of likely N-dealkylation sites (tertiary alicyclic amines) is 1. The second-order valence-electron chi connectivity index (χ2n) is 8.63. The van der Waals surface area contributed by atoms with Gasteiger partial charge in [-0.15, -0.1) is 0 Å². The topological polar surface area (TPSA) is 88.6 Å². The van der Waals surface area contributed by atoms with E-state index in [1.165, 1.54) is 11.6 Å². The normalized spacial score (nSPS) is 20.1. The van der Waals surface area contributed by atoms with Crippen molar-refractivity contribution in [1.82, 2.24) is 20.3 Å². The first-order valence-corrected chi connectivity index (χ1v) is 11.8. The third-order valence-corrected chi connectivity index (χ3v) is 6.03. The van der Waals surface area contributed by atoms with Crippen LogP contribution < -0.4 is 10.8 Å². The fraction of sp³-hybridized carbons (Fsp3) is 0.480. The highest BCUT2D eigenvalue weighted by Crippen LogP contribution is 2.18. The number of hydroxylamine groups is 1. The Morgan fingerprint density at radius 1 is 1.21 bits per heavy atom. The molecule has 1 aromatic carbocycles. The van der Waals surface area contributed by atoms with Gasteiger partial charge in [0.2, 0.25) is 5.95 Å². The molecule has 0 saturated carbocycles. The van der Waals surface area contributed by atoms with Crippen LogP contribution in [0.25, 0.3) is 6.08 Å². The number of aryl methyl sites for hydroxylation is 1. The van der Waals surface area contributed by atoms with Crippen LogP contribution in [-0.2, 0) is 20.9 Å². The molecule has 0 radical (unpaired) electrons. The standard InChI is InChI=1S/C25H33N5O3/c1-19-21(10-11-23(31)29-33-24-9-5-6-16-32-24)17-26-25(27-19)28-22-12-14-30(15-13-22)18-20-7-3-2-4-8-20/h2-4,7-8,10-11,17,22,24H,5-6,9,12-16,18H2,1H3,(H,29,31)(H,26,27,28). The van der Waals surface area contributed by atoms with Gasteiger partial charge in [-0.05, 0) is 44.2 Å². The maximum absolute atomic E-state index is 12.0. The Morgan fingerprint density at radius 3 is 2.76 bits per heavy atom. The quantitative estimate of drug-likeness (QED) is 0.469. The average Bonchev–Trinajstić information content (AvgIpc) is 2.85. The first kappa shape index (κ1) is 23.4. The van der Waals surface area contributed by atoms with Gasteiger partial charge in [-0.1, -0.05) is 30.3 Å². The highest BCUT2D eigenvalue weighted by molar-refractivity contribution is 5.91. The number of aromatic nitrogens is 2. The molecule has 2 saturated heterocycles. The summed E-state index contributed by atoms with van der Waals surface area (Å²) in [6.45, 7) is 5.68. The van der Waals surface area contributed by atoms with Crippen molar-refractivity contribution in [2.45, 2.75) is 57.9 Å². The number of benzene rings is 1. The maximum Gasteiger partial charge on any atom is 0.267 e. The largest absolute Gasteiger partial charge is 0.351 e. The number of nitrogens with one attached hydrogen (secondary N) is 2. The second-order valence-corrected chi connectivity index (χ2v) is 8.63. The number of amides is 1. The Hall–Kier alpha value is -2.81. The predicted molar refractivity (Wildman–Crippen MR) is 127 cm³/mol. The summed E-state index contributed by atoms with van der Waals surface area (Å²) in [7, 11) is 0. The zero-order valence-corrected chi connectivity index (χ0v) is 19.2. The van der Waals surface area contributed by atoms with Crippen LogP contribution in [0, 0.1) is 6.92 Å². The molecule has 8 heteroatoms. The summed E-state index contributed by atoms with van der Waals surface area (Å²) in [6, 6.07) is 11.0. The van der Waals surface area contributed by atoms with Crippen LogP contribution in [-0.4, -0.2) is 52.8 Å². The van der Waals surface area contributed by atoms with Crippen LogP contribution in [0.5, 0.6) is 0 Å². The van der Waals surface area contributed by atoms with E-state index in [9.17, 15) is 4.79 Å². The molecule has 0 bridgehead atoms. The lowest BCUT2D eigenvalue weighted by Crippen LogP contribution is -2.39. The number of piperidine rings is 1. The molecule has 8 nitrogen and oxygen atoms in total. The Balaban J connectivity index is 1.21. The predicted octanol–water partition coefficient (Wildman–Crippen LogP) is 3.45. The minimum absolute atomic E-state index is 0.340. The smallest absolute Gasteiger partial charge is 0.267 e. The van der Waals surface area contributed by atoms with Gasteiger partial charge in [0.25, 0.3) is 5.91 Å². The maximum atomic E-state index is 12.0. The van der Waals surface area contributed by atoms with Gasteiger partial charge >= 0.3 is 0 Å². The van der Waals surface area contributed by atoms with Crippen molar-refractivity contribution in [3.05, 3.63) is 59.4 Å². The summed E-state index contributed by atoms with van der Waals surface area (Å²) < 4.78 is 5.43. The Kier molecular flexibility index (Phi) is 8.41. The molecule has 4 rings (SSSR count). The Morgan fingerprint density at radius 2 is 2.03 bits per heavy atom. The molecule has 2 N–H and O–H groups in total. The first-order valence-electron chi connectivity index (χ1n) is 11.8. The van der Waals surface area contributed by atoms with Gasteiger partial charge in [0.1, 0.15) is 0 Å². The zero-order valence-electron chi connectivity index (χ0n) is 19.2. The van der Waals surface area contributed by atoms with Crippen molar-refractivity contribution in [2.75, 3.05) is 25.0 Å². The summed E-state index contributed by atoms with van der Waals surface area (Å²) in [5, 5.41) is 3.47. The average molecular weight is 452 g/mol. The molecule has 33 heavy (non-hydrogen) atoms. The summed E-state index contributed by atoms with van der Waals surface area (Å²) in [5.74, 6) is 0.293. The van der Waals surface area contributed by atoms with Gasteiger partial charge in [0.15, 0.2) is 6.29 Å². The molecule has 176 valence electrons. The molecule has 2 aliphatic rings. The second kappa shape index (κ2) is 11.9. The summed E-state index contributed by atoms with van der Waals surface area (Å²) in [4.78, 5) is 28.8. The van der Waals surface area contributed by atoms with Crippen molar-refractivity contribution in [3.63, 3.8) is 0 Å². The molecular weight excluding hydrogens is 418 g/mol. The zero-order chi connectivity index (χ0) is 22.9. The monoisotopic (exact) mass is 451 g/mol. The van der Waals surface area contributed by atoms with Crippen molar-refractivity contribution < 1.29 is 14.4 Å². The lowest BCUT2D eigenvalue weighted by atomic mass is 10.0. The van der Waals surface area contributed by atoms with Crippen molar-refractivity contribution in [2.24, 2.45) is 0 Å². The summed E-state index contributed by atoms with van der Waals surface area (Å²) in [6.07, 6.45) is 9.47. The van der Waals surface area contributed by atoms with Crippen molar-refractivity contribution in [1.29, 1.82) is 0 Å². The van der Waals surface area contributed by atoms with Gasteiger partial charge in [-0.25, -0.2) is 20.3 Å². The third kappa shape index (κ3) is 7.35. The van der Waals surface area contributed by atoms with E-state index in [1.54, 1.807) is 12.3 Å². The molecule has 2 aromatic rings. The van der Waals surface area contributed by atoms with Gasteiger partial charge in [-0.2, -0.15) is 0 Å². The summed E-state index contributed by atoms with van der Waals surface area (Å²) >= 11 is 0. The highest BCUT2D eigenvalue weighted by atomic mass is 16.8. The number of hydrogen-bond donors (Lipinski definition) is 2. The van der Waals surface area contributed by atoms with E-state index in [2.05, 4.69) is 56.0 Å². The van der Waals surface area contributed by atoms with Crippen LogP contribution in [0.15, 0.2) is 42.6 Å². The SMILES string of the molecule is Cc1nc(NC2CCN(Cc3ccccc3)CC2)ncc1C=CC(=O)NOC1CCCCO1. The number of ether oxygens (including phenoxy) is 1. The van der Waals surface area contributed by atoms with Crippen molar-refractivity contribution in [3.8, 4) is 0 Å². The Labute approximate surface area is 195 Å². The van der Waals surface area contributed by atoms with Crippen molar-refractivity contribution >= 4 is 17.9 Å². The first-order chi connectivity index (χ1) is 16.2. The number of rotatable bonds is 8. The number of carbonyl (C=O) groups is 1.